The average Bonchev–Trinajstić information content (AvgIpc) is 2.59. The maximum absolute atomic E-state index is 11.4. The van der Waals surface area contributed by atoms with Crippen LogP contribution in [0.2, 0.25) is 0 Å². The normalized spacial score (nSPS) is 14.6. The molecule has 120 valence electrons. The third kappa shape index (κ3) is 3.71. The van der Waals surface area contributed by atoms with Gasteiger partial charge >= 0.3 is 0 Å². The smallest absolute Gasteiger partial charge is 0.262 e. The van der Waals surface area contributed by atoms with Crippen LogP contribution in [0, 0.1) is 0 Å². The van der Waals surface area contributed by atoms with Gasteiger partial charge in [0.15, 0.2) is 6.61 Å². The van der Waals surface area contributed by atoms with Crippen LogP contribution in [0.5, 0.6) is 5.75 Å². The molecule has 0 bridgehead atoms. The van der Waals surface area contributed by atoms with Crippen LogP contribution < -0.4 is 15.4 Å². The molecule has 1 unspecified atom stereocenters. The number of anilines is 1. The van der Waals surface area contributed by atoms with Crippen molar-refractivity contribution in [1.82, 2.24) is 5.32 Å². The molecule has 1 heterocycles. The fourth-order valence-corrected chi connectivity index (χ4v) is 2.72. The molecule has 2 aromatic rings. The van der Waals surface area contributed by atoms with E-state index in [2.05, 4.69) is 48.7 Å². The van der Waals surface area contributed by atoms with Gasteiger partial charge in [0.05, 0.1) is 5.69 Å². The highest BCUT2D eigenvalue weighted by atomic mass is 16.5. The van der Waals surface area contributed by atoms with Crippen molar-refractivity contribution in [3.8, 4) is 5.75 Å². The predicted octanol–water partition coefficient (Wildman–Crippen LogP) is 3.43. The Balaban J connectivity index is 1.67. The van der Waals surface area contributed by atoms with Gasteiger partial charge in [0.2, 0.25) is 0 Å². The number of carbonyl (C=O) groups excluding carboxylic acids is 1. The fraction of sp³-hybridized carbons (Fsp3) is 0.316. The van der Waals surface area contributed by atoms with Crippen molar-refractivity contribution in [3.05, 3.63) is 59.2 Å². The quantitative estimate of drug-likeness (QED) is 0.889. The van der Waals surface area contributed by atoms with E-state index in [1.807, 2.05) is 18.2 Å². The molecule has 2 N–H and O–H groups in total. The zero-order valence-electron chi connectivity index (χ0n) is 13.6. The number of hydrogen-bond acceptors (Lipinski definition) is 3. The largest absolute Gasteiger partial charge is 0.482 e. The highest BCUT2D eigenvalue weighted by molar-refractivity contribution is 5.95. The van der Waals surface area contributed by atoms with Gasteiger partial charge in [-0.3, -0.25) is 4.79 Å². The van der Waals surface area contributed by atoms with Gasteiger partial charge in [0.25, 0.3) is 5.91 Å². The van der Waals surface area contributed by atoms with E-state index in [9.17, 15) is 4.79 Å². The molecule has 1 aliphatic rings. The standard InChI is InChI=1S/C19H22N2O2/c1-3-14-5-4-6-15(9-14)11-20-13(2)16-7-8-18-17(10-16)21-19(22)12-23-18/h4-10,13,20H,3,11-12H2,1-2H3,(H,21,22). The van der Waals surface area contributed by atoms with Crippen LogP contribution >= 0.6 is 0 Å². The Kier molecular flexibility index (Phi) is 4.63. The Morgan fingerprint density at radius 2 is 2.04 bits per heavy atom. The number of hydrogen-bond donors (Lipinski definition) is 2. The van der Waals surface area contributed by atoms with Gasteiger partial charge in [0.1, 0.15) is 5.75 Å². The molecular weight excluding hydrogens is 288 g/mol. The van der Waals surface area contributed by atoms with E-state index in [0.29, 0.717) is 0 Å². The van der Waals surface area contributed by atoms with Gasteiger partial charge in [-0.1, -0.05) is 37.3 Å². The Bertz CT molecular complexity index is 712. The van der Waals surface area contributed by atoms with Crippen LogP contribution in [0.3, 0.4) is 0 Å². The summed E-state index contributed by atoms with van der Waals surface area (Å²) in [4.78, 5) is 11.4. The second-order valence-corrected chi connectivity index (χ2v) is 5.87. The molecule has 3 rings (SSSR count). The molecule has 0 spiro atoms. The fourth-order valence-electron chi connectivity index (χ4n) is 2.72. The minimum atomic E-state index is -0.105. The van der Waals surface area contributed by atoms with Crippen molar-refractivity contribution in [1.29, 1.82) is 0 Å². The van der Waals surface area contributed by atoms with E-state index in [0.717, 1.165) is 30.0 Å². The lowest BCUT2D eigenvalue weighted by Gasteiger charge is -2.21. The summed E-state index contributed by atoms with van der Waals surface area (Å²) >= 11 is 0. The maximum atomic E-state index is 11.4. The predicted molar refractivity (Wildman–Crippen MR) is 91.6 cm³/mol. The van der Waals surface area contributed by atoms with Gasteiger partial charge in [-0.2, -0.15) is 0 Å². The van der Waals surface area contributed by atoms with Crippen molar-refractivity contribution in [2.45, 2.75) is 32.9 Å². The zero-order valence-corrected chi connectivity index (χ0v) is 13.6. The second kappa shape index (κ2) is 6.84. The van der Waals surface area contributed by atoms with E-state index in [-0.39, 0.29) is 18.6 Å². The summed E-state index contributed by atoms with van der Waals surface area (Å²) in [6.07, 6.45) is 1.05. The Hall–Kier alpha value is -2.33. The van der Waals surface area contributed by atoms with E-state index < -0.39 is 0 Å². The lowest BCUT2D eigenvalue weighted by atomic mass is 10.1. The number of nitrogens with one attached hydrogen (secondary N) is 2. The van der Waals surface area contributed by atoms with Crippen LogP contribution in [0.25, 0.3) is 0 Å². The first kappa shape index (κ1) is 15.6. The van der Waals surface area contributed by atoms with Gasteiger partial charge in [-0.05, 0) is 42.2 Å². The number of ether oxygens (including phenoxy) is 1. The molecular formula is C19H22N2O2. The highest BCUT2D eigenvalue weighted by Crippen LogP contribution is 2.30. The summed E-state index contributed by atoms with van der Waals surface area (Å²) in [5.41, 5.74) is 4.51. The number of carbonyl (C=O) groups is 1. The highest BCUT2D eigenvalue weighted by Gasteiger charge is 2.17. The third-order valence-corrected chi connectivity index (χ3v) is 4.15. The Morgan fingerprint density at radius 3 is 2.87 bits per heavy atom. The molecule has 1 aliphatic heterocycles. The van der Waals surface area contributed by atoms with Crippen LogP contribution in [-0.4, -0.2) is 12.5 Å². The number of benzene rings is 2. The molecule has 0 aliphatic carbocycles. The average molecular weight is 310 g/mol. The molecule has 0 radical (unpaired) electrons. The summed E-state index contributed by atoms with van der Waals surface area (Å²) in [6, 6.07) is 14.7. The zero-order chi connectivity index (χ0) is 16.2. The third-order valence-electron chi connectivity index (χ3n) is 4.15. The lowest BCUT2D eigenvalue weighted by Crippen LogP contribution is -2.26. The topological polar surface area (TPSA) is 50.4 Å². The monoisotopic (exact) mass is 310 g/mol. The summed E-state index contributed by atoms with van der Waals surface area (Å²) in [5.74, 6) is 0.628. The second-order valence-electron chi connectivity index (χ2n) is 5.87. The van der Waals surface area contributed by atoms with Crippen molar-refractivity contribution < 1.29 is 9.53 Å². The molecule has 23 heavy (non-hydrogen) atoms. The van der Waals surface area contributed by atoms with Gasteiger partial charge in [-0.15, -0.1) is 0 Å². The maximum Gasteiger partial charge on any atom is 0.262 e. The van der Waals surface area contributed by atoms with Crippen LogP contribution in [-0.2, 0) is 17.8 Å². The minimum Gasteiger partial charge on any atom is -0.482 e. The summed E-state index contributed by atoms with van der Waals surface area (Å²) in [5, 5.41) is 6.38. The minimum absolute atomic E-state index is 0.0912. The van der Waals surface area contributed by atoms with E-state index in [1.165, 1.54) is 11.1 Å². The SMILES string of the molecule is CCc1cccc(CNC(C)c2ccc3c(c2)NC(=O)CO3)c1. The van der Waals surface area contributed by atoms with Crippen molar-refractivity contribution in [3.63, 3.8) is 0 Å². The molecule has 0 saturated carbocycles. The van der Waals surface area contributed by atoms with Crippen molar-refractivity contribution in [2.75, 3.05) is 11.9 Å². The summed E-state index contributed by atoms with van der Waals surface area (Å²) < 4.78 is 5.39. The molecule has 0 saturated heterocycles. The first-order valence-electron chi connectivity index (χ1n) is 8.03. The molecule has 1 atom stereocenters. The van der Waals surface area contributed by atoms with E-state index >= 15 is 0 Å². The molecule has 4 heteroatoms. The number of rotatable bonds is 5. The first-order chi connectivity index (χ1) is 11.2. The number of fused-ring (bicyclic) bond motifs is 1. The number of amides is 1. The van der Waals surface area contributed by atoms with Crippen molar-refractivity contribution in [2.24, 2.45) is 0 Å². The van der Waals surface area contributed by atoms with Gasteiger partial charge in [-0.25, -0.2) is 0 Å². The van der Waals surface area contributed by atoms with E-state index in [1.54, 1.807) is 0 Å². The molecule has 0 fully saturated rings. The van der Waals surface area contributed by atoms with E-state index in [4.69, 9.17) is 4.74 Å². The van der Waals surface area contributed by atoms with Crippen LogP contribution in [0.4, 0.5) is 5.69 Å². The number of aryl methyl sites for hydroxylation is 1. The molecule has 0 aromatic heterocycles. The molecule has 2 aromatic carbocycles. The lowest BCUT2D eigenvalue weighted by molar-refractivity contribution is -0.118. The van der Waals surface area contributed by atoms with Crippen LogP contribution in [0.1, 0.15) is 36.6 Å². The van der Waals surface area contributed by atoms with Gasteiger partial charge < -0.3 is 15.4 Å². The Morgan fingerprint density at radius 1 is 1.22 bits per heavy atom. The van der Waals surface area contributed by atoms with Gasteiger partial charge in [0, 0.05) is 12.6 Å². The first-order valence-corrected chi connectivity index (χ1v) is 8.03. The van der Waals surface area contributed by atoms with Crippen LogP contribution in [0.15, 0.2) is 42.5 Å². The summed E-state index contributed by atoms with van der Waals surface area (Å²) in [6.45, 7) is 5.19. The van der Waals surface area contributed by atoms with Crippen molar-refractivity contribution >= 4 is 11.6 Å². The summed E-state index contributed by atoms with van der Waals surface area (Å²) in [7, 11) is 0. The Labute approximate surface area is 136 Å². The molecule has 1 amide bonds. The molecule has 4 nitrogen and oxygen atoms in total.